The third kappa shape index (κ3) is 59.9. The van der Waals surface area contributed by atoms with Gasteiger partial charge in [0.1, 0.15) is 13.2 Å². The molecule has 0 amide bonds. The van der Waals surface area contributed by atoms with E-state index in [1.807, 2.05) is 0 Å². The quantitative estimate of drug-likeness (QED) is 0.0261. The molecule has 424 valence electrons. The second-order valence-corrected chi connectivity index (χ2v) is 21.3. The van der Waals surface area contributed by atoms with Crippen LogP contribution >= 0.6 is 0 Å². The highest BCUT2D eigenvalue weighted by molar-refractivity contribution is 5.71. The molecular formula is C67H120O6. The molecule has 0 radical (unpaired) electrons. The van der Waals surface area contributed by atoms with Crippen molar-refractivity contribution >= 4 is 17.9 Å². The smallest absolute Gasteiger partial charge is 0.306 e. The molecule has 0 bridgehead atoms. The van der Waals surface area contributed by atoms with Gasteiger partial charge in [0.15, 0.2) is 6.10 Å². The number of ether oxygens (including phenoxy) is 3. The van der Waals surface area contributed by atoms with Crippen LogP contribution in [0.5, 0.6) is 0 Å². The average Bonchev–Trinajstić information content (AvgIpc) is 3.39. The van der Waals surface area contributed by atoms with Crippen LogP contribution in [0, 0.1) is 0 Å². The molecule has 6 nitrogen and oxygen atoms in total. The van der Waals surface area contributed by atoms with Crippen molar-refractivity contribution in [3.63, 3.8) is 0 Å². The van der Waals surface area contributed by atoms with Gasteiger partial charge in [-0.3, -0.25) is 14.4 Å². The maximum absolute atomic E-state index is 12.9. The van der Waals surface area contributed by atoms with E-state index in [4.69, 9.17) is 14.2 Å². The number of hydrogen-bond acceptors (Lipinski definition) is 6. The highest BCUT2D eigenvalue weighted by Crippen LogP contribution is 2.16. The zero-order chi connectivity index (χ0) is 52.9. The van der Waals surface area contributed by atoms with Gasteiger partial charge in [-0.1, -0.05) is 281 Å². The molecule has 6 heteroatoms. The highest BCUT2D eigenvalue weighted by Gasteiger charge is 2.19. The topological polar surface area (TPSA) is 78.9 Å². The van der Waals surface area contributed by atoms with E-state index >= 15 is 0 Å². The van der Waals surface area contributed by atoms with Crippen LogP contribution < -0.4 is 0 Å². The van der Waals surface area contributed by atoms with Crippen LogP contribution in [-0.2, 0) is 28.6 Å². The van der Waals surface area contributed by atoms with Gasteiger partial charge < -0.3 is 14.2 Å². The normalized spacial score (nSPS) is 12.4. The molecule has 0 aliphatic rings. The van der Waals surface area contributed by atoms with Gasteiger partial charge in [0.05, 0.1) is 0 Å². The summed E-state index contributed by atoms with van der Waals surface area (Å²) in [5.41, 5.74) is 0. The number of carbonyl (C=O) groups is 3. The van der Waals surface area contributed by atoms with Crippen molar-refractivity contribution in [3.8, 4) is 0 Å². The molecule has 0 fully saturated rings. The summed E-state index contributed by atoms with van der Waals surface area (Å²) >= 11 is 0. The maximum atomic E-state index is 12.9. The molecule has 0 saturated heterocycles. The molecule has 0 saturated carbocycles. The summed E-state index contributed by atoms with van der Waals surface area (Å²) in [7, 11) is 0. The second kappa shape index (κ2) is 61.7. The molecule has 73 heavy (non-hydrogen) atoms. The van der Waals surface area contributed by atoms with Gasteiger partial charge in [-0.15, -0.1) is 0 Å². The Bertz CT molecular complexity index is 1310. The number of carbonyl (C=O) groups excluding carboxylic acids is 3. The molecule has 0 aliphatic carbocycles. The van der Waals surface area contributed by atoms with Gasteiger partial charge in [-0.05, 0) is 89.9 Å². The Hall–Kier alpha value is -2.89. The Balaban J connectivity index is 4.30. The predicted octanol–water partition coefficient (Wildman–Crippen LogP) is 21.6. The van der Waals surface area contributed by atoms with E-state index < -0.39 is 6.10 Å². The summed E-state index contributed by atoms with van der Waals surface area (Å²) in [4.78, 5) is 38.2. The lowest BCUT2D eigenvalue weighted by Gasteiger charge is -2.18. The van der Waals surface area contributed by atoms with Crippen molar-refractivity contribution in [2.75, 3.05) is 13.2 Å². The number of esters is 3. The minimum atomic E-state index is -0.778. The van der Waals surface area contributed by atoms with Crippen LogP contribution in [0.25, 0.3) is 0 Å². The van der Waals surface area contributed by atoms with Crippen LogP contribution in [0.3, 0.4) is 0 Å². The number of hydrogen-bond donors (Lipinski definition) is 0. The van der Waals surface area contributed by atoms with Crippen LogP contribution in [0.4, 0.5) is 0 Å². The number of rotatable bonds is 58. The Morgan fingerprint density at radius 3 is 0.767 bits per heavy atom. The van der Waals surface area contributed by atoms with Gasteiger partial charge in [-0.2, -0.15) is 0 Å². The molecule has 0 heterocycles. The molecular weight excluding hydrogens is 901 g/mol. The van der Waals surface area contributed by atoms with Crippen LogP contribution in [0.15, 0.2) is 60.8 Å². The summed E-state index contributed by atoms with van der Waals surface area (Å²) < 4.78 is 16.9. The first kappa shape index (κ1) is 70.1. The van der Waals surface area contributed by atoms with Crippen LogP contribution in [-0.4, -0.2) is 37.2 Å². The summed E-state index contributed by atoms with van der Waals surface area (Å²) in [5, 5.41) is 0. The van der Waals surface area contributed by atoms with Gasteiger partial charge in [0.2, 0.25) is 0 Å². The third-order valence-electron chi connectivity index (χ3n) is 14.0. The van der Waals surface area contributed by atoms with E-state index in [2.05, 4.69) is 81.5 Å². The standard InChI is InChI=1S/C67H120O6/c1-4-7-10-13-16-19-22-24-26-28-30-32-33-35-36-38-40-42-45-48-51-54-57-60-66(69)72-63-64(62-71-65(68)59-56-53-50-47-44-21-18-15-12-9-6-3)73-67(70)61-58-55-52-49-46-43-41-39-37-34-31-29-27-25-23-20-17-14-11-8-5-2/h22-25,28-31,33,35,64H,4-21,26-27,32,34,36-63H2,1-3H3/b24-22-,25-23-,30-28-,31-29-,35-33-. The van der Waals surface area contributed by atoms with E-state index in [-0.39, 0.29) is 31.1 Å². The fourth-order valence-corrected chi connectivity index (χ4v) is 9.19. The van der Waals surface area contributed by atoms with Crippen molar-refractivity contribution in [2.24, 2.45) is 0 Å². The van der Waals surface area contributed by atoms with Crippen molar-refractivity contribution in [2.45, 2.75) is 335 Å². The van der Waals surface area contributed by atoms with E-state index in [0.717, 1.165) is 83.5 Å². The summed E-state index contributed by atoms with van der Waals surface area (Å²) in [6.45, 7) is 6.64. The van der Waals surface area contributed by atoms with E-state index in [9.17, 15) is 14.4 Å². The molecule has 0 aromatic rings. The van der Waals surface area contributed by atoms with Gasteiger partial charge in [-0.25, -0.2) is 0 Å². The molecule has 1 unspecified atom stereocenters. The first-order valence-electron chi connectivity index (χ1n) is 31.8. The minimum Gasteiger partial charge on any atom is -0.462 e. The summed E-state index contributed by atoms with van der Waals surface area (Å²) in [6.07, 6.45) is 77.9. The third-order valence-corrected chi connectivity index (χ3v) is 14.0. The maximum Gasteiger partial charge on any atom is 0.306 e. The average molecular weight is 1020 g/mol. The number of unbranched alkanes of at least 4 members (excludes halogenated alkanes) is 37. The highest BCUT2D eigenvalue weighted by atomic mass is 16.6. The van der Waals surface area contributed by atoms with E-state index in [1.165, 1.54) is 205 Å². The summed E-state index contributed by atoms with van der Waals surface area (Å²) in [6, 6.07) is 0. The van der Waals surface area contributed by atoms with E-state index in [1.54, 1.807) is 0 Å². The molecule has 0 spiro atoms. The first-order chi connectivity index (χ1) is 36.0. The molecule has 0 aliphatic heterocycles. The molecule has 0 aromatic heterocycles. The monoisotopic (exact) mass is 1020 g/mol. The molecule has 0 aromatic carbocycles. The Labute approximate surface area is 453 Å². The Morgan fingerprint density at radius 1 is 0.274 bits per heavy atom. The Kier molecular flexibility index (Phi) is 59.2. The lowest BCUT2D eigenvalue weighted by atomic mass is 10.1. The van der Waals surface area contributed by atoms with Crippen molar-refractivity contribution in [3.05, 3.63) is 60.8 Å². The molecule has 0 N–H and O–H groups in total. The van der Waals surface area contributed by atoms with Crippen molar-refractivity contribution < 1.29 is 28.6 Å². The lowest BCUT2D eigenvalue weighted by molar-refractivity contribution is -0.167. The van der Waals surface area contributed by atoms with Gasteiger partial charge >= 0.3 is 17.9 Å². The van der Waals surface area contributed by atoms with Crippen LogP contribution in [0.2, 0.25) is 0 Å². The summed E-state index contributed by atoms with van der Waals surface area (Å²) in [5.74, 6) is -0.872. The van der Waals surface area contributed by atoms with E-state index in [0.29, 0.717) is 19.3 Å². The van der Waals surface area contributed by atoms with Crippen molar-refractivity contribution in [1.82, 2.24) is 0 Å². The fourth-order valence-electron chi connectivity index (χ4n) is 9.19. The van der Waals surface area contributed by atoms with Crippen LogP contribution in [0.1, 0.15) is 329 Å². The zero-order valence-corrected chi connectivity index (χ0v) is 48.7. The zero-order valence-electron chi connectivity index (χ0n) is 48.7. The second-order valence-electron chi connectivity index (χ2n) is 21.3. The van der Waals surface area contributed by atoms with Gasteiger partial charge in [0, 0.05) is 19.3 Å². The Morgan fingerprint density at radius 2 is 0.493 bits per heavy atom. The largest absolute Gasteiger partial charge is 0.462 e. The fraction of sp³-hybridized carbons (Fsp3) is 0.806. The van der Waals surface area contributed by atoms with Crippen molar-refractivity contribution in [1.29, 1.82) is 0 Å². The first-order valence-corrected chi connectivity index (χ1v) is 31.8. The minimum absolute atomic E-state index is 0.0755. The predicted molar refractivity (Wildman–Crippen MR) is 316 cm³/mol. The SMILES string of the molecule is CCCCCCC/C=C\C/C=C\C/C=C\CCCCCCCCCCC(=O)OCC(COC(=O)CCCCCCCCCCCCC)OC(=O)CCCCCCCCCCC/C=C\C/C=C\CCCCCCC. The molecule has 1 atom stereocenters. The van der Waals surface area contributed by atoms with Gasteiger partial charge in [0.25, 0.3) is 0 Å². The lowest BCUT2D eigenvalue weighted by Crippen LogP contribution is -2.30. The molecule has 0 rings (SSSR count). The number of allylic oxidation sites excluding steroid dienone is 10.